The number of nitrogens with two attached hydrogens (primary N) is 1. The topological polar surface area (TPSA) is 60.2 Å². The highest BCUT2D eigenvalue weighted by Crippen LogP contribution is 2.24. The Bertz CT molecular complexity index is 466. The number of aryl methyl sites for hydroxylation is 1. The van der Waals surface area contributed by atoms with Crippen molar-refractivity contribution in [1.82, 2.24) is 0 Å². The van der Waals surface area contributed by atoms with Crippen LogP contribution in [-0.2, 0) is 9.84 Å². The Labute approximate surface area is 97.6 Å². The second kappa shape index (κ2) is 4.87. The molecular formula is C12H19NO2S. The fourth-order valence-electron chi connectivity index (χ4n) is 1.70. The minimum atomic E-state index is -3.23. The Morgan fingerprint density at radius 3 is 2.56 bits per heavy atom. The largest absolute Gasteiger partial charge is 0.399 e. The van der Waals surface area contributed by atoms with Crippen molar-refractivity contribution in [3.63, 3.8) is 0 Å². The van der Waals surface area contributed by atoms with Crippen LogP contribution in [0.15, 0.2) is 23.1 Å². The number of hydrogen-bond acceptors (Lipinski definition) is 3. The highest BCUT2D eigenvalue weighted by Gasteiger charge is 2.24. The lowest BCUT2D eigenvalue weighted by Crippen LogP contribution is -2.18. The van der Waals surface area contributed by atoms with Crippen LogP contribution in [0.1, 0.15) is 32.3 Å². The Morgan fingerprint density at radius 2 is 2.00 bits per heavy atom. The Kier molecular flexibility index (Phi) is 3.97. The van der Waals surface area contributed by atoms with Crippen LogP contribution < -0.4 is 5.73 Å². The molecule has 0 aromatic heterocycles. The maximum atomic E-state index is 12.2. The molecule has 1 aromatic rings. The summed E-state index contributed by atoms with van der Waals surface area (Å²) in [6, 6.07) is 5.02. The highest BCUT2D eigenvalue weighted by molar-refractivity contribution is 7.92. The van der Waals surface area contributed by atoms with Gasteiger partial charge in [-0.1, -0.05) is 19.4 Å². The third kappa shape index (κ3) is 2.55. The molecule has 0 bridgehead atoms. The third-order valence-electron chi connectivity index (χ3n) is 2.74. The number of hydrogen-bond donors (Lipinski definition) is 1. The van der Waals surface area contributed by atoms with Crippen molar-refractivity contribution in [2.24, 2.45) is 0 Å². The Balaban J connectivity index is 3.21. The van der Waals surface area contributed by atoms with E-state index in [1.807, 2.05) is 6.92 Å². The van der Waals surface area contributed by atoms with Gasteiger partial charge in [-0.3, -0.25) is 0 Å². The van der Waals surface area contributed by atoms with Gasteiger partial charge >= 0.3 is 0 Å². The van der Waals surface area contributed by atoms with Crippen LogP contribution in [0, 0.1) is 6.92 Å². The zero-order valence-electron chi connectivity index (χ0n) is 10.0. The molecule has 0 saturated carbocycles. The Morgan fingerprint density at radius 1 is 1.38 bits per heavy atom. The lowest BCUT2D eigenvalue weighted by atomic mass is 10.2. The second-order valence-corrected chi connectivity index (χ2v) is 6.50. The van der Waals surface area contributed by atoms with Crippen molar-refractivity contribution in [3.8, 4) is 0 Å². The molecule has 3 nitrogen and oxygen atoms in total. The molecule has 2 N–H and O–H groups in total. The van der Waals surface area contributed by atoms with E-state index in [4.69, 9.17) is 5.73 Å². The molecule has 0 saturated heterocycles. The zero-order valence-corrected chi connectivity index (χ0v) is 10.8. The monoisotopic (exact) mass is 241 g/mol. The molecule has 16 heavy (non-hydrogen) atoms. The van der Waals surface area contributed by atoms with Crippen LogP contribution in [0.3, 0.4) is 0 Å². The first-order chi connectivity index (χ1) is 7.39. The van der Waals surface area contributed by atoms with E-state index >= 15 is 0 Å². The van der Waals surface area contributed by atoms with Gasteiger partial charge in [0.15, 0.2) is 9.84 Å². The summed E-state index contributed by atoms with van der Waals surface area (Å²) in [5, 5.41) is -0.349. The highest BCUT2D eigenvalue weighted by atomic mass is 32.2. The summed E-state index contributed by atoms with van der Waals surface area (Å²) >= 11 is 0. The molecule has 0 fully saturated rings. The number of rotatable bonds is 4. The van der Waals surface area contributed by atoms with Gasteiger partial charge in [0.1, 0.15) is 0 Å². The minimum absolute atomic E-state index is 0.349. The summed E-state index contributed by atoms with van der Waals surface area (Å²) in [6.07, 6.45) is 1.54. The van der Waals surface area contributed by atoms with Crippen molar-refractivity contribution in [2.45, 2.75) is 43.8 Å². The lowest BCUT2D eigenvalue weighted by molar-refractivity contribution is 0.575. The maximum Gasteiger partial charge on any atom is 0.181 e. The Hall–Kier alpha value is -1.03. The summed E-state index contributed by atoms with van der Waals surface area (Å²) in [5.41, 5.74) is 6.89. The van der Waals surface area contributed by atoms with E-state index in [1.165, 1.54) is 0 Å². The van der Waals surface area contributed by atoms with Gasteiger partial charge in [-0.2, -0.15) is 0 Å². The van der Waals surface area contributed by atoms with Gasteiger partial charge in [-0.05, 0) is 38.0 Å². The van der Waals surface area contributed by atoms with Crippen molar-refractivity contribution in [2.75, 3.05) is 5.73 Å². The normalized spacial score (nSPS) is 13.7. The molecule has 1 rings (SSSR count). The van der Waals surface area contributed by atoms with Gasteiger partial charge in [-0.15, -0.1) is 0 Å². The average molecular weight is 241 g/mol. The van der Waals surface area contributed by atoms with Gasteiger partial charge in [0.25, 0.3) is 0 Å². The third-order valence-corrected chi connectivity index (χ3v) is 5.09. The molecule has 0 spiro atoms. The molecule has 0 radical (unpaired) electrons. The lowest BCUT2D eigenvalue weighted by Gasteiger charge is -2.14. The smallest absolute Gasteiger partial charge is 0.181 e. The molecule has 0 heterocycles. The van der Waals surface area contributed by atoms with Crippen molar-refractivity contribution in [3.05, 3.63) is 23.8 Å². The minimum Gasteiger partial charge on any atom is -0.399 e. The second-order valence-electron chi connectivity index (χ2n) is 4.17. The first-order valence-electron chi connectivity index (χ1n) is 5.49. The van der Waals surface area contributed by atoms with Gasteiger partial charge < -0.3 is 5.73 Å². The summed E-state index contributed by atoms with van der Waals surface area (Å²) in [5.74, 6) is 0. The molecule has 0 aliphatic rings. The van der Waals surface area contributed by atoms with Crippen LogP contribution in [0.5, 0.6) is 0 Å². The fourth-order valence-corrected chi connectivity index (χ4v) is 3.50. The van der Waals surface area contributed by atoms with Crippen LogP contribution >= 0.6 is 0 Å². The van der Waals surface area contributed by atoms with Crippen LogP contribution in [0.25, 0.3) is 0 Å². The molecule has 1 unspecified atom stereocenters. The maximum absolute atomic E-state index is 12.2. The van der Waals surface area contributed by atoms with Gasteiger partial charge in [0.2, 0.25) is 0 Å². The molecular weight excluding hydrogens is 222 g/mol. The summed E-state index contributed by atoms with van der Waals surface area (Å²) in [7, 11) is -3.23. The molecule has 0 aliphatic heterocycles. The summed E-state index contributed by atoms with van der Waals surface area (Å²) in [4.78, 5) is 0.369. The van der Waals surface area contributed by atoms with Crippen molar-refractivity contribution < 1.29 is 8.42 Å². The van der Waals surface area contributed by atoms with E-state index in [0.29, 0.717) is 17.0 Å². The first kappa shape index (κ1) is 13.0. The van der Waals surface area contributed by atoms with Crippen LogP contribution in [0.4, 0.5) is 5.69 Å². The van der Waals surface area contributed by atoms with E-state index in [1.54, 1.807) is 32.0 Å². The summed E-state index contributed by atoms with van der Waals surface area (Å²) in [6.45, 7) is 5.53. The van der Waals surface area contributed by atoms with E-state index in [0.717, 1.165) is 12.0 Å². The fraction of sp³-hybridized carbons (Fsp3) is 0.500. The zero-order chi connectivity index (χ0) is 12.3. The van der Waals surface area contributed by atoms with Crippen molar-refractivity contribution in [1.29, 1.82) is 0 Å². The molecule has 0 amide bonds. The van der Waals surface area contributed by atoms with E-state index in [2.05, 4.69) is 0 Å². The number of sulfone groups is 1. The molecule has 4 heteroatoms. The van der Waals surface area contributed by atoms with Gasteiger partial charge in [0.05, 0.1) is 10.1 Å². The quantitative estimate of drug-likeness (QED) is 0.824. The predicted molar refractivity (Wildman–Crippen MR) is 67.1 cm³/mol. The first-order valence-corrected chi connectivity index (χ1v) is 7.04. The van der Waals surface area contributed by atoms with E-state index < -0.39 is 9.84 Å². The SMILES string of the molecule is CCCC(C)S(=O)(=O)c1cc(N)ccc1C. The van der Waals surface area contributed by atoms with Crippen molar-refractivity contribution >= 4 is 15.5 Å². The molecule has 90 valence electrons. The average Bonchev–Trinajstić information content (AvgIpc) is 2.22. The molecule has 0 aliphatic carbocycles. The number of anilines is 1. The van der Waals surface area contributed by atoms with E-state index in [9.17, 15) is 8.42 Å². The van der Waals surface area contributed by atoms with Crippen LogP contribution in [0.2, 0.25) is 0 Å². The number of benzene rings is 1. The van der Waals surface area contributed by atoms with E-state index in [-0.39, 0.29) is 5.25 Å². The molecule has 1 aromatic carbocycles. The summed E-state index contributed by atoms with van der Waals surface area (Å²) < 4.78 is 24.5. The molecule has 1 atom stereocenters. The number of nitrogen functional groups attached to an aromatic ring is 1. The van der Waals surface area contributed by atoms with Crippen LogP contribution in [-0.4, -0.2) is 13.7 Å². The predicted octanol–water partition coefficient (Wildman–Crippen LogP) is 2.54. The van der Waals surface area contributed by atoms with Gasteiger partial charge in [-0.25, -0.2) is 8.42 Å². The standard InChI is InChI=1S/C12H19NO2S/c1-4-5-10(3)16(14,15)12-8-11(13)7-6-9(12)2/h6-8,10H,4-5,13H2,1-3H3. The van der Waals surface area contributed by atoms with Gasteiger partial charge in [0, 0.05) is 5.69 Å².